The number of hydrogen-bond donors (Lipinski definition) is 2. The molecule has 0 saturated heterocycles. The second kappa shape index (κ2) is 7.38. The number of hydrogen-bond acceptors (Lipinski definition) is 9. The van der Waals surface area contributed by atoms with Gasteiger partial charge in [-0.1, -0.05) is 6.92 Å². The Balaban J connectivity index is 1.67. The summed E-state index contributed by atoms with van der Waals surface area (Å²) < 4.78 is 13.9. The van der Waals surface area contributed by atoms with Gasteiger partial charge in [-0.15, -0.1) is 0 Å². The normalized spacial score (nSPS) is 25.0. The van der Waals surface area contributed by atoms with Crippen LogP contribution in [0.25, 0.3) is 22.6 Å². The Morgan fingerprint density at radius 1 is 1.19 bits per heavy atom. The van der Waals surface area contributed by atoms with Crippen LogP contribution < -0.4 is 11.1 Å². The van der Waals surface area contributed by atoms with E-state index in [0.717, 1.165) is 29.8 Å². The summed E-state index contributed by atoms with van der Waals surface area (Å²) in [7, 11) is 1.77. The predicted molar refractivity (Wildman–Crippen MR) is 116 cm³/mol. The van der Waals surface area contributed by atoms with E-state index in [-0.39, 0.29) is 18.1 Å². The summed E-state index contributed by atoms with van der Waals surface area (Å²) in [6.45, 7) is 7.56. The van der Waals surface area contributed by atoms with Gasteiger partial charge in [0.15, 0.2) is 22.8 Å². The van der Waals surface area contributed by atoms with Gasteiger partial charge in [-0.2, -0.15) is 0 Å². The molecule has 1 saturated carbocycles. The number of fused-ring (bicyclic) bond motifs is 3. The van der Waals surface area contributed by atoms with Crippen LogP contribution in [-0.4, -0.2) is 55.3 Å². The minimum atomic E-state index is -0.502. The van der Waals surface area contributed by atoms with Gasteiger partial charge < -0.3 is 25.1 Å². The Morgan fingerprint density at radius 3 is 2.71 bits per heavy atom. The average molecular weight is 425 g/mol. The van der Waals surface area contributed by atoms with Crippen LogP contribution in [0.3, 0.4) is 0 Å². The van der Waals surface area contributed by atoms with E-state index in [0.29, 0.717) is 36.3 Å². The van der Waals surface area contributed by atoms with Crippen molar-refractivity contribution in [3.63, 3.8) is 0 Å². The molecule has 0 amide bonds. The standard InChI is InChI=1S/C21H28N8O2/c1-11-5-6-13(15(11)30-4)25-17-14-18(29-7-8-31-21(2,3)19(29)26-14)28-16(27-17)12-9-23-20(22)24-10-12/h9-11,13,15H,5-8H2,1-4H3,(H2,22,23,24)(H,25,27,28). The second-order valence-electron chi connectivity index (χ2n) is 8.85. The molecule has 0 spiro atoms. The van der Waals surface area contributed by atoms with Crippen LogP contribution in [0.5, 0.6) is 0 Å². The number of anilines is 2. The Morgan fingerprint density at radius 2 is 1.97 bits per heavy atom. The van der Waals surface area contributed by atoms with Gasteiger partial charge in [-0.05, 0) is 32.6 Å². The van der Waals surface area contributed by atoms with Crippen molar-refractivity contribution in [1.29, 1.82) is 0 Å². The van der Waals surface area contributed by atoms with Gasteiger partial charge in [0.2, 0.25) is 5.95 Å². The number of nitrogen functional groups attached to an aromatic ring is 1. The van der Waals surface area contributed by atoms with E-state index >= 15 is 0 Å². The molecule has 10 nitrogen and oxygen atoms in total. The average Bonchev–Trinajstić information content (AvgIpc) is 3.29. The molecule has 3 N–H and O–H groups in total. The number of rotatable bonds is 4. The molecule has 1 aliphatic carbocycles. The molecule has 3 unspecified atom stereocenters. The third-order valence-electron chi connectivity index (χ3n) is 6.33. The van der Waals surface area contributed by atoms with Gasteiger partial charge in [0, 0.05) is 26.0 Å². The zero-order chi connectivity index (χ0) is 21.8. The first-order valence-corrected chi connectivity index (χ1v) is 10.7. The first kappa shape index (κ1) is 20.1. The van der Waals surface area contributed by atoms with Gasteiger partial charge in [0.05, 0.1) is 24.3 Å². The topological polar surface area (TPSA) is 126 Å². The smallest absolute Gasteiger partial charge is 0.219 e. The maximum Gasteiger partial charge on any atom is 0.219 e. The molecular weight excluding hydrogens is 396 g/mol. The van der Waals surface area contributed by atoms with Crippen LogP contribution in [0.1, 0.15) is 39.4 Å². The molecule has 31 heavy (non-hydrogen) atoms. The Hall–Kier alpha value is -2.85. The van der Waals surface area contributed by atoms with Crippen LogP contribution >= 0.6 is 0 Å². The highest BCUT2D eigenvalue weighted by Gasteiger charge is 2.36. The molecule has 4 heterocycles. The molecule has 3 aromatic heterocycles. The minimum Gasteiger partial charge on any atom is -0.379 e. The highest BCUT2D eigenvalue weighted by Crippen LogP contribution is 2.36. The fourth-order valence-corrected chi connectivity index (χ4v) is 4.71. The van der Waals surface area contributed by atoms with E-state index in [9.17, 15) is 0 Å². The van der Waals surface area contributed by atoms with Gasteiger partial charge in [0.25, 0.3) is 0 Å². The largest absolute Gasteiger partial charge is 0.379 e. The van der Waals surface area contributed by atoms with Gasteiger partial charge in [-0.25, -0.2) is 24.9 Å². The van der Waals surface area contributed by atoms with Crippen molar-refractivity contribution in [2.24, 2.45) is 5.92 Å². The lowest BCUT2D eigenvalue weighted by molar-refractivity contribution is -0.0530. The van der Waals surface area contributed by atoms with Crippen LogP contribution in [0.15, 0.2) is 12.4 Å². The number of ether oxygens (including phenoxy) is 2. The third-order valence-corrected chi connectivity index (χ3v) is 6.33. The molecule has 0 radical (unpaired) electrons. The van der Waals surface area contributed by atoms with E-state index in [1.807, 2.05) is 13.8 Å². The lowest BCUT2D eigenvalue weighted by atomic mass is 10.1. The molecule has 0 bridgehead atoms. The monoisotopic (exact) mass is 424 g/mol. The number of imidazole rings is 1. The summed E-state index contributed by atoms with van der Waals surface area (Å²) in [5.74, 6) is 2.76. The highest BCUT2D eigenvalue weighted by atomic mass is 16.5. The maximum absolute atomic E-state index is 5.97. The predicted octanol–water partition coefficient (Wildman–Crippen LogP) is 2.36. The summed E-state index contributed by atoms with van der Waals surface area (Å²) in [5.41, 5.74) is 7.37. The van der Waals surface area contributed by atoms with Crippen LogP contribution in [0, 0.1) is 5.92 Å². The van der Waals surface area contributed by atoms with Crippen molar-refractivity contribution >= 4 is 22.9 Å². The number of aromatic nitrogens is 6. The third kappa shape index (κ3) is 3.39. The van der Waals surface area contributed by atoms with Crippen molar-refractivity contribution in [2.45, 2.75) is 57.9 Å². The quantitative estimate of drug-likeness (QED) is 0.649. The van der Waals surface area contributed by atoms with E-state index in [2.05, 4.69) is 26.8 Å². The van der Waals surface area contributed by atoms with Gasteiger partial charge in [0.1, 0.15) is 11.4 Å². The molecule has 2 aliphatic rings. The number of nitrogens with zero attached hydrogens (tertiary/aromatic N) is 6. The number of nitrogens with one attached hydrogen (secondary N) is 1. The van der Waals surface area contributed by atoms with Crippen molar-refractivity contribution in [3.05, 3.63) is 18.2 Å². The van der Waals surface area contributed by atoms with Gasteiger partial charge in [-0.3, -0.25) is 0 Å². The van der Waals surface area contributed by atoms with Crippen molar-refractivity contribution in [2.75, 3.05) is 24.8 Å². The summed E-state index contributed by atoms with van der Waals surface area (Å²) in [4.78, 5) is 22.8. The summed E-state index contributed by atoms with van der Waals surface area (Å²) in [6.07, 6.45) is 5.51. The second-order valence-corrected chi connectivity index (χ2v) is 8.85. The minimum absolute atomic E-state index is 0.116. The molecule has 3 aromatic rings. The lowest BCUT2D eigenvalue weighted by Crippen LogP contribution is -2.33. The number of nitrogens with two attached hydrogens (primary N) is 1. The van der Waals surface area contributed by atoms with Crippen molar-refractivity contribution < 1.29 is 9.47 Å². The van der Waals surface area contributed by atoms with Crippen LogP contribution in [0.4, 0.5) is 11.8 Å². The van der Waals surface area contributed by atoms with E-state index in [1.165, 1.54) is 0 Å². The highest BCUT2D eigenvalue weighted by molar-refractivity contribution is 5.86. The van der Waals surface area contributed by atoms with Crippen LogP contribution in [0.2, 0.25) is 0 Å². The van der Waals surface area contributed by atoms with Crippen molar-refractivity contribution in [3.8, 4) is 11.4 Å². The SMILES string of the molecule is COC1C(C)CCC1Nc1nc(-c2cnc(N)nc2)nc2c1nc1n2CCOC1(C)C. The molecule has 3 atom stereocenters. The van der Waals surface area contributed by atoms with E-state index in [4.69, 9.17) is 30.2 Å². The molecule has 1 aliphatic heterocycles. The summed E-state index contributed by atoms with van der Waals surface area (Å²) in [5, 5.41) is 3.62. The Kier molecular flexibility index (Phi) is 4.78. The molecule has 10 heteroatoms. The first-order chi connectivity index (χ1) is 14.9. The molecule has 1 fully saturated rings. The van der Waals surface area contributed by atoms with Crippen LogP contribution in [-0.2, 0) is 21.6 Å². The zero-order valence-electron chi connectivity index (χ0n) is 18.3. The summed E-state index contributed by atoms with van der Waals surface area (Å²) in [6, 6.07) is 0.150. The zero-order valence-corrected chi connectivity index (χ0v) is 18.3. The summed E-state index contributed by atoms with van der Waals surface area (Å²) >= 11 is 0. The molecular formula is C21H28N8O2. The fourth-order valence-electron chi connectivity index (χ4n) is 4.71. The van der Waals surface area contributed by atoms with Crippen molar-refractivity contribution in [1.82, 2.24) is 29.5 Å². The number of methoxy groups -OCH3 is 1. The molecule has 5 rings (SSSR count). The van der Waals surface area contributed by atoms with E-state index in [1.54, 1.807) is 19.5 Å². The lowest BCUT2D eigenvalue weighted by Gasteiger charge is -2.30. The molecule has 0 aromatic carbocycles. The first-order valence-electron chi connectivity index (χ1n) is 10.7. The Bertz CT molecular complexity index is 1110. The Labute approximate surface area is 180 Å². The maximum atomic E-state index is 5.97. The molecule has 164 valence electrons. The van der Waals surface area contributed by atoms with E-state index < -0.39 is 5.60 Å². The fraction of sp³-hybridized carbons (Fsp3) is 0.571. The van der Waals surface area contributed by atoms with Gasteiger partial charge >= 0.3 is 0 Å².